The maximum Gasteiger partial charge on any atom is 0.264 e. The predicted molar refractivity (Wildman–Crippen MR) is 80.0 cm³/mol. The third kappa shape index (κ3) is 3.96. The van der Waals surface area contributed by atoms with Crippen molar-refractivity contribution >= 4 is 10.1 Å². The molecule has 1 saturated heterocycles. The van der Waals surface area contributed by atoms with Crippen LogP contribution in [0.25, 0.3) is 0 Å². The van der Waals surface area contributed by atoms with Gasteiger partial charge >= 0.3 is 0 Å². The average Bonchev–Trinajstić information content (AvgIpc) is 3.16. The van der Waals surface area contributed by atoms with Crippen LogP contribution >= 0.6 is 0 Å². The van der Waals surface area contributed by atoms with Gasteiger partial charge in [-0.25, -0.2) is 14.1 Å². The van der Waals surface area contributed by atoms with E-state index in [1.54, 1.807) is 0 Å². The molecular weight excluding hydrogens is 341 g/mol. The van der Waals surface area contributed by atoms with Crippen LogP contribution in [0.3, 0.4) is 0 Å². The first-order valence-electron chi connectivity index (χ1n) is 7.22. The van der Waals surface area contributed by atoms with Crippen LogP contribution in [-0.2, 0) is 31.9 Å². The number of nitrogens with zero attached hydrogens (tertiary/aromatic N) is 3. The minimum absolute atomic E-state index is 0.0825. The normalized spacial score (nSPS) is 24.3. The van der Waals surface area contributed by atoms with Crippen molar-refractivity contribution in [3.8, 4) is 0 Å². The Balaban J connectivity index is 1.82. The molecule has 0 aliphatic carbocycles. The minimum Gasteiger partial charge on any atom is -0.342 e. The molecule has 24 heavy (non-hydrogen) atoms. The SMILES string of the molecule is O=S(=O)(O)CCC1COC(Cn2cncn2)(c2ccc(F)cc2)O1. The Bertz CT molecular complexity index is 781. The molecule has 0 spiro atoms. The van der Waals surface area contributed by atoms with Gasteiger partial charge in [-0.15, -0.1) is 0 Å². The van der Waals surface area contributed by atoms with Gasteiger partial charge in [0.1, 0.15) is 25.0 Å². The number of halogens is 1. The molecule has 2 atom stereocenters. The Labute approximate surface area is 138 Å². The van der Waals surface area contributed by atoms with Crippen molar-refractivity contribution in [2.75, 3.05) is 12.4 Å². The Kier molecular flexibility index (Phi) is 4.63. The third-order valence-corrected chi connectivity index (χ3v) is 4.43. The molecule has 0 radical (unpaired) electrons. The van der Waals surface area contributed by atoms with Crippen molar-refractivity contribution < 1.29 is 26.8 Å². The second-order valence-corrected chi connectivity index (χ2v) is 7.05. The summed E-state index contributed by atoms with van der Waals surface area (Å²) in [5, 5.41) is 4.01. The molecule has 10 heteroatoms. The second kappa shape index (κ2) is 6.55. The highest BCUT2D eigenvalue weighted by Gasteiger charge is 2.44. The molecule has 0 bridgehead atoms. The number of benzene rings is 1. The summed E-state index contributed by atoms with van der Waals surface area (Å²) in [6.07, 6.45) is 2.41. The van der Waals surface area contributed by atoms with Gasteiger partial charge in [0.2, 0.25) is 5.79 Å². The van der Waals surface area contributed by atoms with E-state index in [1.807, 2.05) is 0 Å². The van der Waals surface area contributed by atoms with Crippen LogP contribution in [0.4, 0.5) is 4.39 Å². The molecule has 1 aromatic heterocycles. The van der Waals surface area contributed by atoms with E-state index in [9.17, 15) is 12.8 Å². The second-order valence-electron chi connectivity index (χ2n) is 5.48. The molecule has 8 nitrogen and oxygen atoms in total. The van der Waals surface area contributed by atoms with E-state index in [0.717, 1.165) is 0 Å². The fraction of sp³-hybridized carbons (Fsp3) is 0.429. The van der Waals surface area contributed by atoms with E-state index >= 15 is 0 Å². The monoisotopic (exact) mass is 357 g/mol. The molecule has 1 aromatic carbocycles. The molecule has 2 aromatic rings. The van der Waals surface area contributed by atoms with Crippen molar-refractivity contribution in [3.63, 3.8) is 0 Å². The van der Waals surface area contributed by atoms with Gasteiger partial charge in [-0.1, -0.05) is 12.1 Å². The van der Waals surface area contributed by atoms with Crippen molar-refractivity contribution in [1.82, 2.24) is 14.8 Å². The van der Waals surface area contributed by atoms with Gasteiger partial charge in [0.25, 0.3) is 10.1 Å². The molecule has 0 amide bonds. The zero-order chi connectivity index (χ0) is 17.2. The highest BCUT2D eigenvalue weighted by atomic mass is 32.2. The number of hydrogen-bond donors (Lipinski definition) is 1. The molecule has 2 unspecified atom stereocenters. The Morgan fingerprint density at radius 1 is 1.38 bits per heavy atom. The van der Waals surface area contributed by atoms with Crippen LogP contribution in [0, 0.1) is 5.82 Å². The first kappa shape index (κ1) is 17.0. The molecule has 1 fully saturated rings. The quantitative estimate of drug-likeness (QED) is 0.768. The zero-order valence-electron chi connectivity index (χ0n) is 12.6. The summed E-state index contributed by atoms with van der Waals surface area (Å²) in [6, 6.07) is 5.65. The van der Waals surface area contributed by atoms with E-state index in [1.165, 1.54) is 41.6 Å². The van der Waals surface area contributed by atoms with Gasteiger partial charge in [-0.3, -0.25) is 4.55 Å². The molecule has 1 N–H and O–H groups in total. The summed E-state index contributed by atoms with van der Waals surface area (Å²) < 4.78 is 57.1. The largest absolute Gasteiger partial charge is 0.342 e. The van der Waals surface area contributed by atoms with Gasteiger partial charge < -0.3 is 9.47 Å². The zero-order valence-corrected chi connectivity index (χ0v) is 13.4. The van der Waals surface area contributed by atoms with Gasteiger partial charge in [0.15, 0.2) is 0 Å². The van der Waals surface area contributed by atoms with Crippen molar-refractivity contribution in [2.45, 2.75) is 24.9 Å². The van der Waals surface area contributed by atoms with Gasteiger partial charge in [0, 0.05) is 5.56 Å². The minimum atomic E-state index is -4.08. The van der Waals surface area contributed by atoms with Gasteiger partial charge in [-0.2, -0.15) is 13.5 Å². The summed E-state index contributed by atoms with van der Waals surface area (Å²) in [7, 11) is -4.08. The van der Waals surface area contributed by atoms with E-state index < -0.39 is 33.6 Å². The summed E-state index contributed by atoms with van der Waals surface area (Å²) in [4.78, 5) is 3.86. The summed E-state index contributed by atoms with van der Waals surface area (Å²) in [5.74, 6) is -2.05. The summed E-state index contributed by atoms with van der Waals surface area (Å²) >= 11 is 0. The molecular formula is C14H16FN3O5S. The van der Waals surface area contributed by atoms with Crippen molar-refractivity contribution in [1.29, 1.82) is 0 Å². The highest BCUT2D eigenvalue weighted by Crippen LogP contribution is 2.37. The lowest BCUT2D eigenvalue weighted by atomic mass is 10.1. The smallest absolute Gasteiger partial charge is 0.264 e. The van der Waals surface area contributed by atoms with Crippen molar-refractivity contribution in [3.05, 3.63) is 48.3 Å². The average molecular weight is 357 g/mol. The van der Waals surface area contributed by atoms with Crippen LogP contribution < -0.4 is 0 Å². The van der Waals surface area contributed by atoms with Crippen LogP contribution in [0.5, 0.6) is 0 Å². The topological polar surface area (TPSA) is 104 Å². The standard InChI is InChI=1S/C14H16FN3O5S/c15-12-3-1-11(2-4-12)14(8-18-10-16-9-17-18)22-7-13(23-14)5-6-24(19,20)21/h1-4,9-10,13H,5-8H2,(H,19,20,21). The Morgan fingerprint density at radius 3 is 2.75 bits per heavy atom. The molecule has 1 aliphatic heterocycles. The van der Waals surface area contributed by atoms with E-state index in [2.05, 4.69) is 10.1 Å². The first-order valence-corrected chi connectivity index (χ1v) is 8.83. The number of hydrogen-bond acceptors (Lipinski definition) is 6. The molecule has 130 valence electrons. The van der Waals surface area contributed by atoms with E-state index in [-0.39, 0.29) is 19.6 Å². The van der Waals surface area contributed by atoms with Crippen LogP contribution in [0.1, 0.15) is 12.0 Å². The number of aromatic nitrogens is 3. The molecule has 3 rings (SSSR count). The Morgan fingerprint density at radius 2 is 2.12 bits per heavy atom. The van der Waals surface area contributed by atoms with E-state index in [0.29, 0.717) is 5.56 Å². The lowest BCUT2D eigenvalue weighted by molar-refractivity contribution is -0.188. The maximum absolute atomic E-state index is 13.2. The van der Waals surface area contributed by atoms with E-state index in [4.69, 9.17) is 14.0 Å². The van der Waals surface area contributed by atoms with Crippen LogP contribution in [0.15, 0.2) is 36.9 Å². The maximum atomic E-state index is 13.2. The van der Waals surface area contributed by atoms with Gasteiger partial charge in [-0.05, 0) is 18.6 Å². The fourth-order valence-corrected chi connectivity index (χ4v) is 3.11. The van der Waals surface area contributed by atoms with Crippen LogP contribution in [0.2, 0.25) is 0 Å². The lowest BCUT2D eigenvalue weighted by Gasteiger charge is -2.28. The summed E-state index contributed by atoms with van der Waals surface area (Å²) in [5.41, 5.74) is 0.578. The lowest BCUT2D eigenvalue weighted by Crippen LogP contribution is -2.34. The molecule has 1 aliphatic rings. The highest BCUT2D eigenvalue weighted by molar-refractivity contribution is 7.85. The van der Waals surface area contributed by atoms with Crippen molar-refractivity contribution in [2.24, 2.45) is 0 Å². The number of ether oxygens (including phenoxy) is 2. The fourth-order valence-electron chi connectivity index (χ4n) is 2.54. The Hall–Kier alpha value is -1.88. The number of rotatable bonds is 6. The predicted octanol–water partition coefficient (Wildman–Crippen LogP) is 0.964. The third-order valence-electron chi connectivity index (χ3n) is 3.68. The van der Waals surface area contributed by atoms with Crippen LogP contribution in [-0.4, -0.2) is 46.2 Å². The molecule has 2 heterocycles. The first-order chi connectivity index (χ1) is 11.4. The summed E-state index contributed by atoms with van der Waals surface area (Å²) in [6.45, 7) is 0.308. The van der Waals surface area contributed by atoms with Gasteiger partial charge in [0.05, 0.1) is 18.5 Å². The molecule has 0 saturated carbocycles.